The van der Waals surface area contributed by atoms with E-state index >= 15 is 0 Å². The molecule has 0 aliphatic heterocycles. The maximum absolute atomic E-state index is 13.0. The Hall–Kier alpha value is -1.40. The zero-order valence-corrected chi connectivity index (χ0v) is 12.9. The monoisotopic (exact) mass is 308 g/mol. The van der Waals surface area contributed by atoms with Crippen LogP contribution in [0.15, 0.2) is 0 Å². The number of ether oxygens (including phenoxy) is 1. The fraction of sp³-hybridized carbons (Fsp3) is 0.600. The number of ketones is 1. The Morgan fingerprint density at radius 1 is 1.48 bits per heavy atom. The summed E-state index contributed by atoms with van der Waals surface area (Å²) in [5.41, 5.74) is 11.9. The lowest BCUT2D eigenvalue weighted by Crippen LogP contribution is -2.40. The van der Waals surface area contributed by atoms with Gasteiger partial charge in [-0.05, 0) is 30.7 Å². The summed E-state index contributed by atoms with van der Waals surface area (Å²) in [7, 11) is 1.63. The molecule has 1 aromatic rings. The molecule has 0 bridgehead atoms. The number of primary amides is 1. The molecule has 1 unspecified atom stereocenters. The second-order valence-electron chi connectivity index (χ2n) is 6.20. The Morgan fingerprint density at radius 2 is 2.19 bits per heavy atom. The van der Waals surface area contributed by atoms with Gasteiger partial charge in [0.1, 0.15) is 0 Å². The van der Waals surface area contributed by atoms with E-state index in [2.05, 4.69) is 0 Å². The van der Waals surface area contributed by atoms with Crippen LogP contribution in [0.1, 0.15) is 51.3 Å². The van der Waals surface area contributed by atoms with Gasteiger partial charge in [-0.1, -0.05) is 12.8 Å². The number of carbonyl (C=O) groups excluding carboxylic acids is 2. The summed E-state index contributed by atoms with van der Waals surface area (Å²) in [4.78, 5) is 25.2. The summed E-state index contributed by atoms with van der Waals surface area (Å²) >= 11 is 1.20. The summed E-state index contributed by atoms with van der Waals surface area (Å²) in [6, 6.07) is 0. The van der Waals surface area contributed by atoms with E-state index in [1.54, 1.807) is 7.11 Å². The number of hydrogen-bond donors (Lipinski definition) is 2. The number of nitrogen functional groups attached to an aromatic ring is 1. The van der Waals surface area contributed by atoms with Crippen LogP contribution in [0.3, 0.4) is 0 Å². The molecule has 6 heteroatoms. The Labute approximate surface area is 127 Å². The van der Waals surface area contributed by atoms with E-state index in [1.807, 2.05) is 0 Å². The highest BCUT2D eigenvalue weighted by atomic mass is 32.1. The second-order valence-corrected chi connectivity index (χ2v) is 7.26. The fourth-order valence-corrected chi connectivity index (χ4v) is 4.62. The number of anilines is 1. The van der Waals surface area contributed by atoms with Crippen LogP contribution in [0, 0.1) is 11.3 Å². The predicted molar refractivity (Wildman–Crippen MR) is 81.6 cm³/mol. The van der Waals surface area contributed by atoms with Gasteiger partial charge in [-0.15, -0.1) is 11.3 Å². The average molecular weight is 308 g/mol. The maximum Gasteiger partial charge on any atom is 0.251 e. The van der Waals surface area contributed by atoms with Crippen LogP contribution in [0.5, 0.6) is 0 Å². The number of Topliss-reactive ketones (excluding diaryl/α,β-unsaturated/α-hetero) is 1. The second kappa shape index (κ2) is 5.10. The van der Waals surface area contributed by atoms with E-state index in [-0.39, 0.29) is 5.78 Å². The summed E-state index contributed by atoms with van der Waals surface area (Å²) in [6.07, 6.45) is 4.65. The van der Waals surface area contributed by atoms with Crippen LogP contribution >= 0.6 is 11.3 Å². The van der Waals surface area contributed by atoms with Crippen molar-refractivity contribution in [3.63, 3.8) is 0 Å². The largest absolute Gasteiger partial charge is 0.390 e. The number of rotatable bonds is 5. The molecular formula is C15H20N2O3S. The first-order valence-electron chi connectivity index (χ1n) is 7.23. The lowest BCUT2D eigenvalue weighted by atomic mass is 9.70. The van der Waals surface area contributed by atoms with Gasteiger partial charge in [0.2, 0.25) is 0 Å². The minimum absolute atomic E-state index is 0.0849. The average Bonchev–Trinajstić information content (AvgIpc) is 3.15. The molecule has 0 radical (unpaired) electrons. The first kappa shape index (κ1) is 14.5. The smallest absolute Gasteiger partial charge is 0.251 e. The third-order valence-electron chi connectivity index (χ3n) is 4.62. The SMILES string of the molecule is COCC1(CC2CC2)CCc2c(sc(N)c2C(N)=O)C1=O. The van der Waals surface area contributed by atoms with E-state index in [0.29, 0.717) is 40.8 Å². The van der Waals surface area contributed by atoms with Crippen molar-refractivity contribution >= 4 is 28.0 Å². The third kappa shape index (κ3) is 2.36. The van der Waals surface area contributed by atoms with Gasteiger partial charge in [-0.3, -0.25) is 9.59 Å². The quantitative estimate of drug-likeness (QED) is 0.869. The van der Waals surface area contributed by atoms with E-state index in [1.165, 1.54) is 24.2 Å². The lowest BCUT2D eigenvalue weighted by Gasteiger charge is -2.35. The summed E-state index contributed by atoms with van der Waals surface area (Å²) in [5, 5.41) is 0.362. The molecule has 1 amide bonds. The first-order valence-corrected chi connectivity index (χ1v) is 8.05. The van der Waals surface area contributed by atoms with Crippen molar-refractivity contribution in [1.82, 2.24) is 0 Å². The Kier molecular flexibility index (Phi) is 3.53. The molecule has 1 fully saturated rings. The lowest BCUT2D eigenvalue weighted by molar-refractivity contribution is 0.0417. The van der Waals surface area contributed by atoms with Crippen LogP contribution in [0.4, 0.5) is 5.00 Å². The summed E-state index contributed by atoms with van der Waals surface area (Å²) in [6.45, 7) is 0.436. The molecule has 2 aliphatic carbocycles. The molecule has 1 atom stereocenters. The van der Waals surface area contributed by atoms with Crippen LogP contribution in [0.2, 0.25) is 0 Å². The van der Waals surface area contributed by atoms with E-state index in [0.717, 1.165) is 12.0 Å². The number of amides is 1. The zero-order valence-electron chi connectivity index (χ0n) is 12.1. The van der Waals surface area contributed by atoms with Gasteiger partial charge < -0.3 is 16.2 Å². The highest BCUT2D eigenvalue weighted by Gasteiger charge is 2.47. The number of nitrogens with two attached hydrogens (primary N) is 2. The summed E-state index contributed by atoms with van der Waals surface area (Å²) in [5.74, 6) is 0.180. The van der Waals surface area contributed by atoms with Gasteiger partial charge in [0.05, 0.1) is 27.5 Å². The molecule has 1 heterocycles. The highest BCUT2D eigenvalue weighted by molar-refractivity contribution is 7.18. The molecule has 2 aliphatic rings. The van der Waals surface area contributed by atoms with E-state index in [4.69, 9.17) is 16.2 Å². The minimum atomic E-state index is -0.542. The molecule has 114 valence electrons. The van der Waals surface area contributed by atoms with Crippen molar-refractivity contribution in [2.24, 2.45) is 17.1 Å². The number of fused-ring (bicyclic) bond motifs is 1. The molecule has 0 saturated heterocycles. The van der Waals surface area contributed by atoms with E-state index < -0.39 is 11.3 Å². The third-order valence-corrected chi connectivity index (χ3v) is 5.68. The molecular weight excluding hydrogens is 288 g/mol. The summed E-state index contributed by atoms with van der Waals surface area (Å²) < 4.78 is 5.34. The van der Waals surface area contributed by atoms with E-state index in [9.17, 15) is 9.59 Å². The molecule has 3 rings (SSSR count). The standard InChI is InChI=1S/C15H20N2O3S/c1-20-7-15(6-8-2-3-8)5-4-9-10(13(16)19)14(17)21-11(9)12(15)18/h8H,2-7,17H2,1H3,(H2,16,19). The topological polar surface area (TPSA) is 95.4 Å². The Bertz CT molecular complexity index is 606. The molecule has 1 saturated carbocycles. The van der Waals surface area contributed by atoms with Gasteiger partial charge in [-0.25, -0.2) is 0 Å². The molecule has 4 N–H and O–H groups in total. The van der Waals surface area contributed by atoms with Crippen molar-refractivity contribution in [3.8, 4) is 0 Å². The van der Waals surface area contributed by atoms with Crippen LogP contribution in [0.25, 0.3) is 0 Å². The zero-order chi connectivity index (χ0) is 15.2. The number of thiophene rings is 1. The Morgan fingerprint density at radius 3 is 2.76 bits per heavy atom. The molecule has 0 aromatic carbocycles. The van der Waals surface area contributed by atoms with Crippen LogP contribution < -0.4 is 11.5 Å². The van der Waals surface area contributed by atoms with Gasteiger partial charge in [0.15, 0.2) is 5.78 Å². The van der Waals surface area contributed by atoms with Gasteiger partial charge in [-0.2, -0.15) is 0 Å². The Balaban J connectivity index is 2.00. The van der Waals surface area contributed by atoms with Crippen LogP contribution in [-0.2, 0) is 11.2 Å². The molecule has 5 nitrogen and oxygen atoms in total. The molecule has 0 spiro atoms. The van der Waals surface area contributed by atoms with Crippen molar-refractivity contribution in [2.75, 3.05) is 19.5 Å². The predicted octanol–water partition coefficient (Wildman–Crippen LogP) is 1.99. The number of methoxy groups -OCH3 is 1. The van der Waals surface area contributed by atoms with Crippen molar-refractivity contribution in [3.05, 3.63) is 16.0 Å². The normalized spacial score (nSPS) is 24.9. The van der Waals surface area contributed by atoms with Crippen molar-refractivity contribution in [1.29, 1.82) is 0 Å². The van der Waals surface area contributed by atoms with Crippen molar-refractivity contribution in [2.45, 2.75) is 32.1 Å². The van der Waals surface area contributed by atoms with Gasteiger partial charge >= 0.3 is 0 Å². The van der Waals surface area contributed by atoms with Crippen LogP contribution in [-0.4, -0.2) is 25.4 Å². The first-order chi connectivity index (χ1) is 9.98. The number of carbonyl (C=O) groups is 2. The molecule has 21 heavy (non-hydrogen) atoms. The molecule has 1 aromatic heterocycles. The van der Waals surface area contributed by atoms with Gasteiger partial charge in [0.25, 0.3) is 5.91 Å². The minimum Gasteiger partial charge on any atom is -0.390 e. The number of hydrogen-bond acceptors (Lipinski definition) is 5. The van der Waals surface area contributed by atoms with Crippen molar-refractivity contribution < 1.29 is 14.3 Å². The van der Waals surface area contributed by atoms with Gasteiger partial charge in [0, 0.05) is 7.11 Å². The fourth-order valence-electron chi connectivity index (χ4n) is 3.44. The maximum atomic E-state index is 13.0. The highest BCUT2D eigenvalue weighted by Crippen LogP contribution is 2.49.